The van der Waals surface area contributed by atoms with E-state index >= 15 is 0 Å². The third kappa shape index (κ3) is 5.19. The molecule has 0 saturated carbocycles. The fourth-order valence-corrected chi connectivity index (χ4v) is 2.58. The second kappa shape index (κ2) is 7.78. The van der Waals surface area contributed by atoms with Crippen molar-refractivity contribution in [1.29, 1.82) is 0 Å². The molecule has 0 aliphatic carbocycles. The Bertz CT molecular complexity index is 468. The summed E-state index contributed by atoms with van der Waals surface area (Å²) in [6.45, 7) is 1.41. The molecule has 1 unspecified atom stereocenters. The molecule has 114 valence electrons. The van der Waals surface area contributed by atoms with Gasteiger partial charge in [0, 0.05) is 19.6 Å². The van der Waals surface area contributed by atoms with Crippen LogP contribution in [0.4, 0.5) is 0 Å². The zero-order chi connectivity index (χ0) is 15.1. The summed E-state index contributed by atoms with van der Waals surface area (Å²) in [7, 11) is 0. The van der Waals surface area contributed by atoms with Crippen LogP contribution in [0.15, 0.2) is 30.3 Å². The van der Waals surface area contributed by atoms with Gasteiger partial charge in [-0.2, -0.15) is 0 Å². The van der Waals surface area contributed by atoms with Crippen LogP contribution in [-0.4, -0.2) is 30.2 Å². The van der Waals surface area contributed by atoms with E-state index in [0.717, 1.165) is 18.4 Å². The van der Waals surface area contributed by atoms with Crippen molar-refractivity contribution in [2.24, 2.45) is 5.92 Å². The van der Waals surface area contributed by atoms with Gasteiger partial charge < -0.3 is 15.2 Å². The second-order valence-electron chi connectivity index (χ2n) is 5.39. The molecule has 1 heterocycles. The molecule has 1 amide bonds. The number of nitrogens with one attached hydrogen (secondary N) is 1. The number of carboxylic acid groups (broad SMARTS) is 1. The van der Waals surface area contributed by atoms with E-state index in [1.807, 2.05) is 30.3 Å². The predicted octanol–water partition coefficient (Wildman–Crippen LogP) is 2.14. The molecule has 5 heteroatoms. The van der Waals surface area contributed by atoms with Gasteiger partial charge in [-0.05, 0) is 24.3 Å². The van der Waals surface area contributed by atoms with E-state index in [1.54, 1.807) is 0 Å². The van der Waals surface area contributed by atoms with Crippen LogP contribution < -0.4 is 5.32 Å². The lowest BCUT2D eigenvalue weighted by Crippen LogP contribution is -2.32. The molecule has 2 N–H and O–H groups in total. The van der Waals surface area contributed by atoms with Crippen LogP contribution in [-0.2, 0) is 14.3 Å². The van der Waals surface area contributed by atoms with Crippen molar-refractivity contribution in [3.63, 3.8) is 0 Å². The minimum Gasteiger partial charge on any atom is -0.481 e. The molecule has 1 fully saturated rings. The lowest BCUT2D eigenvalue weighted by Gasteiger charge is -2.23. The summed E-state index contributed by atoms with van der Waals surface area (Å²) in [6.07, 6.45) is 2.11. The lowest BCUT2D eigenvalue weighted by atomic mass is 9.95. The molecule has 0 bridgehead atoms. The van der Waals surface area contributed by atoms with Gasteiger partial charge in [0.05, 0.1) is 12.5 Å². The Labute approximate surface area is 124 Å². The van der Waals surface area contributed by atoms with Gasteiger partial charge in [0.15, 0.2) is 0 Å². The number of rotatable bonds is 6. The molecule has 1 atom stereocenters. The number of aliphatic carboxylic acids is 1. The van der Waals surface area contributed by atoms with Gasteiger partial charge >= 0.3 is 5.97 Å². The number of carbonyl (C=O) groups excluding carboxylic acids is 1. The maximum Gasteiger partial charge on any atom is 0.305 e. The minimum absolute atomic E-state index is 0.0861. The summed E-state index contributed by atoms with van der Waals surface area (Å²) < 4.78 is 5.27. The van der Waals surface area contributed by atoms with Gasteiger partial charge in [-0.1, -0.05) is 30.3 Å². The highest BCUT2D eigenvalue weighted by atomic mass is 16.5. The molecular weight excluding hydrogens is 270 g/mol. The summed E-state index contributed by atoms with van der Waals surface area (Å²) >= 11 is 0. The van der Waals surface area contributed by atoms with Crippen molar-refractivity contribution in [2.75, 3.05) is 13.2 Å². The fourth-order valence-electron chi connectivity index (χ4n) is 2.58. The number of amides is 1. The van der Waals surface area contributed by atoms with Gasteiger partial charge in [-0.3, -0.25) is 9.59 Å². The number of hydrogen-bond donors (Lipinski definition) is 2. The number of ether oxygens (including phenoxy) is 1. The molecule has 1 aromatic carbocycles. The van der Waals surface area contributed by atoms with Crippen molar-refractivity contribution in [3.05, 3.63) is 35.9 Å². The Hall–Kier alpha value is -1.88. The largest absolute Gasteiger partial charge is 0.481 e. The Morgan fingerprint density at radius 1 is 1.24 bits per heavy atom. The maximum atomic E-state index is 12.1. The summed E-state index contributed by atoms with van der Waals surface area (Å²) in [5.74, 6) is -0.674. The Kier molecular flexibility index (Phi) is 5.75. The average Bonchev–Trinajstić information content (AvgIpc) is 2.48. The van der Waals surface area contributed by atoms with Crippen molar-refractivity contribution >= 4 is 11.9 Å². The topological polar surface area (TPSA) is 75.6 Å². The lowest BCUT2D eigenvalue weighted by molar-refractivity contribution is -0.137. The molecule has 0 radical (unpaired) electrons. The van der Waals surface area contributed by atoms with E-state index in [9.17, 15) is 9.59 Å². The summed E-state index contributed by atoms with van der Waals surface area (Å²) in [4.78, 5) is 23.1. The average molecular weight is 291 g/mol. The molecule has 0 aromatic heterocycles. The highest BCUT2D eigenvalue weighted by Gasteiger charge is 2.21. The standard InChI is InChI=1S/C16H21NO4/c18-15(10-12-6-8-21-9-7-12)17-14(11-16(19)20)13-4-2-1-3-5-13/h1-5,12,14H,6-11H2,(H,17,18)(H,19,20). The van der Waals surface area contributed by atoms with Gasteiger partial charge in [0.25, 0.3) is 0 Å². The van der Waals surface area contributed by atoms with E-state index in [0.29, 0.717) is 25.6 Å². The SMILES string of the molecule is O=C(O)CC(NC(=O)CC1CCOCC1)c1ccccc1. The first-order valence-electron chi connectivity index (χ1n) is 7.29. The Morgan fingerprint density at radius 2 is 1.90 bits per heavy atom. The molecule has 1 aliphatic rings. The van der Waals surface area contributed by atoms with Crippen LogP contribution in [0.1, 0.15) is 37.3 Å². The molecule has 21 heavy (non-hydrogen) atoms. The van der Waals surface area contributed by atoms with E-state index < -0.39 is 12.0 Å². The smallest absolute Gasteiger partial charge is 0.305 e. The number of hydrogen-bond acceptors (Lipinski definition) is 3. The third-order valence-corrected chi connectivity index (χ3v) is 3.73. The normalized spacial score (nSPS) is 17.1. The molecule has 1 aromatic rings. The molecule has 1 aliphatic heterocycles. The molecule has 2 rings (SSSR count). The Morgan fingerprint density at radius 3 is 2.52 bits per heavy atom. The summed E-state index contributed by atoms with van der Waals surface area (Å²) in [6, 6.07) is 8.75. The molecule has 5 nitrogen and oxygen atoms in total. The first-order valence-corrected chi connectivity index (χ1v) is 7.29. The van der Waals surface area contributed by atoms with E-state index in [1.165, 1.54) is 0 Å². The van der Waals surface area contributed by atoms with Crippen molar-refractivity contribution in [1.82, 2.24) is 5.32 Å². The summed E-state index contributed by atoms with van der Waals surface area (Å²) in [5, 5.41) is 11.9. The zero-order valence-corrected chi connectivity index (χ0v) is 12.0. The first kappa shape index (κ1) is 15.5. The van der Waals surface area contributed by atoms with Crippen LogP contribution in [0.3, 0.4) is 0 Å². The summed E-state index contributed by atoms with van der Waals surface area (Å²) in [5.41, 5.74) is 0.820. The van der Waals surface area contributed by atoms with Crippen LogP contribution >= 0.6 is 0 Å². The van der Waals surface area contributed by atoms with Gasteiger partial charge in [0.2, 0.25) is 5.91 Å². The van der Waals surface area contributed by atoms with E-state index in [-0.39, 0.29) is 12.3 Å². The maximum absolute atomic E-state index is 12.1. The molecular formula is C16H21NO4. The van der Waals surface area contributed by atoms with Crippen LogP contribution in [0.5, 0.6) is 0 Å². The van der Waals surface area contributed by atoms with Crippen molar-refractivity contribution < 1.29 is 19.4 Å². The number of carbonyl (C=O) groups is 2. The highest BCUT2D eigenvalue weighted by Crippen LogP contribution is 2.21. The molecule has 1 saturated heterocycles. The monoisotopic (exact) mass is 291 g/mol. The zero-order valence-electron chi connectivity index (χ0n) is 12.0. The van der Waals surface area contributed by atoms with Gasteiger partial charge in [-0.15, -0.1) is 0 Å². The van der Waals surface area contributed by atoms with Crippen molar-refractivity contribution in [2.45, 2.75) is 31.7 Å². The highest BCUT2D eigenvalue weighted by molar-refractivity contribution is 5.78. The predicted molar refractivity (Wildman–Crippen MR) is 77.7 cm³/mol. The molecule has 0 spiro atoms. The van der Waals surface area contributed by atoms with Crippen LogP contribution in [0.25, 0.3) is 0 Å². The van der Waals surface area contributed by atoms with Crippen molar-refractivity contribution in [3.8, 4) is 0 Å². The minimum atomic E-state index is -0.921. The second-order valence-corrected chi connectivity index (χ2v) is 5.39. The van der Waals surface area contributed by atoms with Gasteiger partial charge in [-0.25, -0.2) is 0 Å². The number of benzene rings is 1. The number of carboxylic acids is 1. The van der Waals surface area contributed by atoms with Gasteiger partial charge in [0.1, 0.15) is 0 Å². The Balaban J connectivity index is 1.94. The van der Waals surface area contributed by atoms with E-state index in [4.69, 9.17) is 9.84 Å². The van der Waals surface area contributed by atoms with E-state index in [2.05, 4.69) is 5.32 Å². The van der Waals surface area contributed by atoms with Crippen LogP contribution in [0.2, 0.25) is 0 Å². The van der Waals surface area contributed by atoms with Crippen LogP contribution in [0, 0.1) is 5.92 Å². The quantitative estimate of drug-likeness (QED) is 0.842. The third-order valence-electron chi connectivity index (χ3n) is 3.73. The first-order chi connectivity index (χ1) is 10.1. The fraction of sp³-hybridized carbons (Fsp3) is 0.500.